The number of aliphatic hydroxyl groups excluding tert-OH is 1. The summed E-state index contributed by atoms with van der Waals surface area (Å²) in [7, 11) is 1.65. The van der Waals surface area contributed by atoms with Crippen LogP contribution in [0.1, 0.15) is 29.8 Å². The molecule has 34 heavy (non-hydrogen) atoms. The number of ether oxygens (including phenoxy) is 3. The molecule has 0 fully saturated rings. The summed E-state index contributed by atoms with van der Waals surface area (Å²) in [6.45, 7) is 5.32. The minimum absolute atomic E-state index is 0.00872. The number of aliphatic hydroxyl groups is 1. The molecule has 0 aliphatic carbocycles. The lowest BCUT2D eigenvalue weighted by molar-refractivity contribution is -0.136. The van der Waals surface area contributed by atoms with Gasteiger partial charge in [0.1, 0.15) is 18.2 Å². The van der Waals surface area contributed by atoms with E-state index in [-0.39, 0.29) is 37.5 Å². The fourth-order valence-corrected chi connectivity index (χ4v) is 5.06. The monoisotopic (exact) mass is 494 g/mol. The normalized spacial score (nSPS) is 16.5. The molecule has 1 amide bonds. The zero-order valence-electron chi connectivity index (χ0n) is 20.0. The molecule has 0 spiro atoms. The summed E-state index contributed by atoms with van der Waals surface area (Å²) in [6, 6.07) is 7.75. The first kappa shape index (κ1) is 26.6. The zero-order valence-corrected chi connectivity index (χ0v) is 20.8. The van der Waals surface area contributed by atoms with Crippen molar-refractivity contribution in [3.63, 3.8) is 0 Å². The highest BCUT2D eigenvalue weighted by Crippen LogP contribution is 2.34. The summed E-state index contributed by atoms with van der Waals surface area (Å²) in [5.74, 6) is 0.240. The Morgan fingerprint density at radius 3 is 2.85 bits per heavy atom. The SMILES string of the molecule is CCOC[C@@H](O)CN(CCCOC)CC(=O)N1CCc2sccc2[C@H]1COc1ccc(F)cc1. The molecule has 1 aliphatic rings. The second-order valence-electron chi connectivity index (χ2n) is 8.31. The minimum atomic E-state index is -0.669. The van der Waals surface area contributed by atoms with Gasteiger partial charge < -0.3 is 24.2 Å². The zero-order chi connectivity index (χ0) is 24.3. The molecule has 1 aromatic heterocycles. The van der Waals surface area contributed by atoms with Crippen LogP contribution in [0.3, 0.4) is 0 Å². The molecule has 2 atom stereocenters. The van der Waals surface area contributed by atoms with Crippen LogP contribution in [0.4, 0.5) is 4.39 Å². The van der Waals surface area contributed by atoms with Crippen LogP contribution in [0, 0.1) is 5.82 Å². The van der Waals surface area contributed by atoms with E-state index in [4.69, 9.17) is 14.2 Å². The van der Waals surface area contributed by atoms with E-state index < -0.39 is 6.10 Å². The van der Waals surface area contributed by atoms with Gasteiger partial charge in [0.05, 0.1) is 25.3 Å². The lowest BCUT2D eigenvalue weighted by Crippen LogP contribution is -2.48. The van der Waals surface area contributed by atoms with Crippen LogP contribution in [0.15, 0.2) is 35.7 Å². The number of halogens is 1. The van der Waals surface area contributed by atoms with Crippen LogP contribution in [0.2, 0.25) is 0 Å². The Morgan fingerprint density at radius 1 is 1.32 bits per heavy atom. The first-order chi connectivity index (χ1) is 16.5. The summed E-state index contributed by atoms with van der Waals surface area (Å²) < 4.78 is 29.7. The first-order valence-corrected chi connectivity index (χ1v) is 12.6. The third kappa shape index (κ3) is 7.74. The number of carbonyl (C=O) groups is 1. The fraction of sp³-hybridized carbons (Fsp3) is 0.560. The van der Waals surface area contributed by atoms with Gasteiger partial charge in [-0.1, -0.05) is 0 Å². The highest BCUT2D eigenvalue weighted by atomic mass is 32.1. The summed E-state index contributed by atoms with van der Waals surface area (Å²) in [5.41, 5.74) is 1.11. The molecule has 0 bridgehead atoms. The van der Waals surface area contributed by atoms with Crippen molar-refractivity contribution < 1.29 is 28.5 Å². The van der Waals surface area contributed by atoms with E-state index >= 15 is 0 Å². The number of hydrogen-bond donors (Lipinski definition) is 1. The number of rotatable bonds is 14. The molecule has 0 radical (unpaired) electrons. The Morgan fingerprint density at radius 2 is 2.12 bits per heavy atom. The second kappa shape index (κ2) is 13.7. The number of benzene rings is 1. The lowest BCUT2D eigenvalue weighted by atomic mass is 10.0. The summed E-state index contributed by atoms with van der Waals surface area (Å²) in [6.07, 6.45) is 0.900. The number of carbonyl (C=O) groups excluding carboxylic acids is 1. The first-order valence-electron chi connectivity index (χ1n) is 11.7. The number of nitrogens with zero attached hydrogens (tertiary/aromatic N) is 2. The Bertz CT molecular complexity index is 878. The maximum atomic E-state index is 13.5. The number of fused-ring (bicyclic) bond motifs is 1. The molecule has 0 saturated heterocycles. The Balaban J connectivity index is 1.68. The van der Waals surface area contributed by atoms with Crippen molar-refractivity contribution in [3.8, 4) is 5.75 Å². The van der Waals surface area contributed by atoms with Gasteiger partial charge in [0.25, 0.3) is 0 Å². The highest BCUT2D eigenvalue weighted by molar-refractivity contribution is 7.10. The number of amides is 1. The summed E-state index contributed by atoms with van der Waals surface area (Å²) >= 11 is 1.70. The van der Waals surface area contributed by atoms with Crippen LogP contribution in [-0.4, -0.2) is 86.6 Å². The van der Waals surface area contributed by atoms with Gasteiger partial charge in [0, 0.05) is 44.8 Å². The largest absolute Gasteiger partial charge is 0.491 e. The molecule has 9 heteroatoms. The van der Waals surface area contributed by atoms with Gasteiger partial charge in [0.2, 0.25) is 5.91 Å². The molecule has 3 rings (SSSR count). The van der Waals surface area contributed by atoms with E-state index in [1.165, 1.54) is 17.0 Å². The summed E-state index contributed by atoms with van der Waals surface area (Å²) in [5, 5.41) is 12.4. The molecule has 1 aromatic carbocycles. The predicted molar refractivity (Wildman–Crippen MR) is 130 cm³/mol. The molecule has 2 aromatic rings. The van der Waals surface area contributed by atoms with E-state index in [1.54, 1.807) is 30.6 Å². The van der Waals surface area contributed by atoms with E-state index in [1.807, 2.05) is 22.1 Å². The Kier molecular flexibility index (Phi) is 10.7. The molecule has 7 nitrogen and oxygen atoms in total. The molecule has 188 valence electrons. The van der Waals surface area contributed by atoms with Crippen molar-refractivity contribution in [1.29, 1.82) is 0 Å². The van der Waals surface area contributed by atoms with Crippen molar-refractivity contribution in [3.05, 3.63) is 52.0 Å². The van der Waals surface area contributed by atoms with Crippen molar-refractivity contribution in [2.45, 2.75) is 31.9 Å². The van der Waals surface area contributed by atoms with Crippen LogP contribution in [0.5, 0.6) is 5.75 Å². The van der Waals surface area contributed by atoms with E-state index in [2.05, 4.69) is 6.07 Å². The molecule has 0 saturated carbocycles. The third-order valence-corrected chi connectivity index (χ3v) is 6.80. The topological polar surface area (TPSA) is 71.5 Å². The van der Waals surface area contributed by atoms with Gasteiger partial charge in [-0.25, -0.2) is 4.39 Å². The molecule has 0 unspecified atom stereocenters. The van der Waals surface area contributed by atoms with Gasteiger partial charge in [-0.15, -0.1) is 11.3 Å². The van der Waals surface area contributed by atoms with Crippen molar-refractivity contribution >= 4 is 17.2 Å². The van der Waals surface area contributed by atoms with Crippen molar-refractivity contribution in [2.75, 3.05) is 59.7 Å². The van der Waals surface area contributed by atoms with E-state index in [0.29, 0.717) is 38.6 Å². The van der Waals surface area contributed by atoms with Crippen LogP contribution < -0.4 is 4.74 Å². The maximum Gasteiger partial charge on any atom is 0.237 e. The van der Waals surface area contributed by atoms with Crippen molar-refractivity contribution in [2.24, 2.45) is 0 Å². The van der Waals surface area contributed by atoms with Crippen LogP contribution in [0.25, 0.3) is 0 Å². The summed E-state index contributed by atoms with van der Waals surface area (Å²) in [4.78, 5) is 18.6. The van der Waals surface area contributed by atoms with Gasteiger partial charge in [-0.2, -0.15) is 0 Å². The average molecular weight is 495 g/mol. The molecule has 1 N–H and O–H groups in total. The van der Waals surface area contributed by atoms with Gasteiger partial charge in [-0.05, 0) is 61.0 Å². The average Bonchev–Trinajstić information content (AvgIpc) is 3.31. The molecule has 1 aliphatic heterocycles. The number of thiophene rings is 1. The van der Waals surface area contributed by atoms with E-state index in [0.717, 1.165) is 18.4 Å². The van der Waals surface area contributed by atoms with Crippen molar-refractivity contribution in [1.82, 2.24) is 9.80 Å². The quantitative estimate of drug-likeness (QED) is 0.407. The lowest BCUT2D eigenvalue weighted by Gasteiger charge is -2.37. The number of hydrogen-bond acceptors (Lipinski definition) is 7. The molecule has 2 heterocycles. The highest BCUT2D eigenvalue weighted by Gasteiger charge is 2.33. The van der Waals surface area contributed by atoms with Crippen LogP contribution >= 0.6 is 11.3 Å². The predicted octanol–water partition coefficient (Wildman–Crippen LogP) is 3.13. The number of methoxy groups -OCH3 is 1. The van der Waals surface area contributed by atoms with Crippen LogP contribution in [-0.2, 0) is 20.7 Å². The smallest absolute Gasteiger partial charge is 0.237 e. The molecular formula is C25H35FN2O5S. The Hall–Kier alpha value is -2.04. The maximum absolute atomic E-state index is 13.5. The second-order valence-corrected chi connectivity index (χ2v) is 9.31. The van der Waals surface area contributed by atoms with Gasteiger partial charge in [-0.3, -0.25) is 9.69 Å². The van der Waals surface area contributed by atoms with Gasteiger partial charge >= 0.3 is 0 Å². The Labute approximate surface area is 205 Å². The standard InChI is InChI=1S/C25H35FN2O5S/c1-3-32-17-20(29)15-27(11-4-13-31-2)16-25(30)28-12-9-24-22(10-14-34-24)23(28)18-33-21-7-5-19(26)6-8-21/h5-8,10,14,20,23,29H,3-4,9,11-13,15-18H2,1-2H3/t20-,23+/m0/s1. The minimum Gasteiger partial charge on any atom is -0.491 e. The van der Waals surface area contributed by atoms with E-state index in [9.17, 15) is 14.3 Å². The fourth-order valence-electron chi connectivity index (χ4n) is 4.13. The third-order valence-electron chi connectivity index (χ3n) is 5.80. The van der Waals surface area contributed by atoms with Gasteiger partial charge in [0.15, 0.2) is 0 Å². The molecular weight excluding hydrogens is 459 g/mol.